The van der Waals surface area contributed by atoms with Gasteiger partial charge in [-0.1, -0.05) is 19.9 Å². The van der Waals surface area contributed by atoms with Crippen LogP contribution in [0.4, 0.5) is 11.4 Å². The summed E-state index contributed by atoms with van der Waals surface area (Å²) >= 11 is 0. The SMILES string of the molecule is CNC1C(=O)Nc2cc(N(C)C(C)CC(C)C)ccc21. The molecular formula is C16H25N3O. The topological polar surface area (TPSA) is 44.4 Å². The van der Waals surface area contributed by atoms with Crippen LogP contribution in [0.5, 0.6) is 0 Å². The highest BCUT2D eigenvalue weighted by Gasteiger charge is 2.29. The zero-order chi connectivity index (χ0) is 14.9. The lowest BCUT2D eigenvalue weighted by Crippen LogP contribution is -2.30. The van der Waals surface area contributed by atoms with Crippen LogP contribution < -0.4 is 15.5 Å². The summed E-state index contributed by atoms with van der Waals surface area (Å²) in [6.45, 7) is 6.72. The van der Waals surface area contributed by atoms with E-state index < -0.39 is 0 Å². The number of fused-ring (bicyclic) bond motifs is 1. The number of carbonyl (C=O) groups is 1. The Morgan fingerprint density at radius 1 is 1.35 bits per heavy atom. The van der Waals surface area contributed by atoms with Crippen molar-refractivity contribution in [3.05, 3.63) is 23.8 Å². The van der Waals surface area contributed by atoms with Crippen molar-refractivity contribution in [3.63, 3.8) is 0 Å². The molecule has 0 fully saturated rings. The second-order valence-electron chi connectivity index (χ2n) is 6.07. The zero-order valence-electron chi connectivity index (χ0n) is 13.0. The lowest BCUT2D eigenvalue weighted by Gasteiger charge is -2.28. The molecule has 0 saturated heterocycles. The third-order valence-electron chi connectivity index (χ3n) is 4.04. The number of benzene rings is 1. The highest BCUT2D eigenvalue weighted by atomic mass is 16.2. The number of nitrogens with one attached hydrogen (secondary N) is 2. The van der Waals surface area contributed by atoms with E-state index in [1.54, 1.807) is 0 Å². The van der Waals surface area contributed by atoms with Gasteiger partial charge in [-0.3, -0.25) is 4.79 Å². The molecule has 2 unspecified atom stereocenters. The molecule has 0 aromatic heterocycles. The number of hydrogen-bond donors (Lipinski definition) is 2. The summed E-state index contributed by atoms with van der Waals surface area (Å²) in [5.41, 5.74) is 3.11. The van der Waals surface area contributed by atoms with Gasteiger partial charge in [-0.15, -0.1) is 0 Å². The predicted octanol–water partition coefficient (Wildman–Crippen LogP) is 2.77. The van der Waals surface area contributed by atoms with Crippen molar-refractivity contribution in [3.8, 4) is 0 Å². The number of amides is 1. The Kier molecular flexibility index (Phi) is 4.33. The fourth-order valence-corrected chi connectivity index (χ4v) is 2.85. The smallest absolute Gasteiger partial charge is 0.246 e. The van der Waals surface area contributed by atoms with Crippen molar-refractivity contribution in [1.82, 2.24) is 5.32 Å². The molecular weight excluding hydrogens is 250 g/mol. The molecule has 0 radical (unpaired) electrons. The van der Waals surface area contributed by atoms with Crippen LogP contribution in [0.15, 0.2) is 18.2 Å². The first-order chi connectivity index (χ1) is 9.43. The highest BCUT2D eigenvalue weighted by Crippen LogP contribution is 2.34. The molecule has 4 heteroatoms. The van der Waals surface area contributed by atoms with Crippen LogP contribution >= 0.6 is 0 Å². The fraction of sp³-hybridized carbons (Fsp3) is 0.562. The maximum Gasteiger partial charge on any atom is 0.246 e. The Hall–Kier alpha value is -1.55. The average molecular weight is 275 g/mol. The van der Waals surface area contributed by atoms with Gasteiger partial charge in [0.2, 0.25) is 5.91 Å². The second-order valence-corrected chi connectivity index (χ2v) is 6.07. The summed E-state index contributed by atoms with van der Waals surface area (Å²) < 4.78 is 0. The molecule has 1 aromatic carbocycles. The summed E-state index contributed by atoms with van der Waals surface area (Å²) in [6.07, 6.45) is 1.15. The molecule has 1 aliphatic rings. The Morgan fingerprint density at radius 2 is 2.05 bits per heavy atom. The van der Waals surface area contributed by atoms with Crippen LogP contribution in [0.3, 0.4) is 0 Å². The van der Waals surface area contributed by atoms with Gasteiger partial charge in [-0.05, 0) is 38.4 Å². The Labute approximate surface area is 121 Å². The van der Waals surface area contributed by atoms with E-state index in [0.29, 0.717) is 12.0 Å². The Morgan fingerprint density at radius 3 is 2.65 bits per heavy atom. The van der Waals surface area contributed by atoms with Gasteiger partial charge in [0.1, 0.15) is 6.04 Å². The summed E-state index contributed by atoms with van der Waals surface area (Å²) in [5, 5.41) is 5.99. The van der Waals surface area contributed by atoms with Crippen LogP contribution in [0.2, 0.25) is 0 Å². The van der Waals surface area contributed by atoms with Gasteiger partial charge in [-0.25, -0.2) is 0 Å². The molecule has 2 atom stereocenters. The van der Waals surface area contributed by atoms with E-state index in [1.807, 2.05) is 13.1 Å². The van der Waals surface area contributed by atoms with Crippen LogP contribution in [0, 0.1) is 5.92 Å². The van der Waals surface area contributed by atoms with Crippen LogP contribution in [0.25, 0.3) is 0 Å². The van der Waals surface area contributed by atoms with Crippen LogP contribution in [0.1, 0.15) is 38.8 Å². The number of likely N-dealkylation sites (N-methyl/N-ethyl adjacent to an activating group) is 1. The number of anilines is 2. The quantitative estimate of drug-likeness (QED) is 0.868. The van der Waals surface area contributed by atoms with E-state index in [4.69, 9.17) is 0 Å². The van der Waals surface area contributed by atoms with Gasteiger partial charge in [-0.2, -0.15) is 0 Å². The molecule has 1 aromatic rings. The molecule has 1 aliphatic heterocycles. The summed E-state index contributed by atoms with van der Waals surface area (Å²) in [4.78, 5) is 14.1. The first kappa shape index (κ1) is 14.9. The van der Waals surface area contributed by atoms with E-state index in [1.165, 1.54) is 0 Å². The van der Waals surface area contributed by atoms with Crippen molar-refractivity contribution in [2.24, 2.45) is 5.92 Å². The Bertz CT molecular complexity index is 498. The van der Waals surface area contributed by atoms with Gasteiger partial charge < -0.3 is 15.5 Å². The lowest BCUT2D eigenvalue weighted by atomic mass is 10.0. The van der Waals surface area contributed by atoms with Crippen molar-refractivity contribution < 1.29 is 4.79 Å². The number of rotatable bonds is 5. The minimum Gasteiger partial charge on any atom is -0.372 e. The molecule has 2 N–H and O–H groups in total. The molecule has 0 aliphatic carbocycles. The molecule has 0 saturated carbocycles. The van der Waals surface area contributed by atoms with Crippen molar-refractivity contribution >= 4 is 17.3 Å². The maximum absolute atomic E-state index is 11.8. The molecule has 0 spiro atoms. The maximum atomic E-state index is 11.8. The third-order valence-corrected chi connectivity index (χ3v) is 4.04. The summed E-state index contributed by atoms with van der Waals surface area (Å²) in [6, 6.07) is 6.46. The summed E-state index contributed by atoms with van der Waals surface area (Å²) in [7, 11) is 3.92. The largest absolute Gasteiger partial charge is 0.372 e. The van der Waals surface area contributed by atoms with Crippen LogP contribution in [-0.4, -0.2) is 26.0 Å². The fourth-order valence-electron chi connectivity index (χ4n) is 2.85. The highest BCUT2D eigenvalue weighted by molar-refractivity contribution is 6.03. The van der Waals surface area contributed by atoms with Gasteiger partial charge >= 0.3 is 0 Å². The molecule has 0 bridgehead atoms. The van der Waals surface area contributed by atoms with Crippen molar-refractivity contribution in [2.45, 2.75) is 39.3 Å². The van der Waals surface area contributed by atoms with E-state index in [0.717, 1.165) is 23.4 Å². The van der Waals surface area contributed by atoms with Crippen molar-refractivity contribution in [2.75, 3.05) is 24.3 Å². The van der Waals surface area contributed by atoms with Gasteiger partial charge in [0.25, 0.3) is 0 Å². The van der Waals surface area contributed by atoms with E-state index in [-0.39, 0.29) is 11.9 Å². The van der Waals surface area contributed by atoms with Gasteiger partial charge in [0.15, 0.2) is 0 Å². The minimum absolute atomic E-state index is 0.0255. The average Bonchev–Trinajstić information content (AvgIpc) is 2.71. The number of hydrogen-bond acceptors (Lipinski definition) is 3. The minimum atomic E-state index is -0.225. The summed E-state index contributed by atoms with van der Waals surface area (Å²) in [5.74, 6) is 0.702. The molecule has 2 rings (SSSR count). The van der Waals surface area contributed by atoms with E-state index >= 15 is 0 Å². The van der Waals surface area contributed by atoms with Crippen LogP contribution in [-0.2, 0) is 4.79 Å². The first-order valence-electron chi connectivity index (χ1n) is 7.29. The monoisotopic (exact) mass is 275 g/mol. The number of carbonyl (C=O) groups excluding carboxylic acids is 1. The first-order valence-corrected chi connectivity index (χ1v) is 7.29. The standard InChI is InChI=1S/C16H25N3O/c1-10(2)8-11(3)19(5)12-6-7-13-14(9-12)18-16(20)15(13)17-4/h6-7,9-11,15,17H,8H2,1-5H3,(H,18,20). The van der Waals surface area contributed by atoms with E-state index in [2.05, 4.69) is 55.5 Å². The third kappa shape index (κ3) is 2.80. The van der Waals surface area contributed by atoms with Gasteiger partial charge in [0.05, 0.1) is 0 Å². The predicted molar refractivity (Wildman–Crippen MR) is 84.2 cm³/mol. The van der Waals surface area contributed by atoms with E-state index in [9.17, 15) is 4.79 Å². The normalized spacial score (nSPS) is 18.9. The lowest BCUT2D eigenvalue weighted by molar-refractivity contribution is -0.117. The van der Waals surface area contributed by atoms with Crippen molar-refractivity contribution in [1.29, 1.82) is 0 Å². The molecule has 110 valence electrons. The number of nitrogens with zero attached hydrogens (tertiary/aromatic N) is 1. The molecule has 4 nitrogen and oxygen atoms in total. The molecule has 1 heterocycles. The molecule has 20 heavy (non-hydrogen) atoms. The molecule has 1 amide bonds. The Balaban J connectivity index is 2.20. The second kappa shape index (κ2) is 5.83. The van der Waals surface area contributed by atoms with Gasteiger partial charge in [0, 0.05) is 30.0 Å². The zero-order valence-corrected chi connectivity index (χ0v) is 13.0.